The molecule has 4 rings (SSSR count). The summed E-state index contributed by atoms with van der Waals surface area (Å²) < 4.78 is 15.6. The third-order valence-corrected chi connectivity index (χ3v) is 6.89. The number of carbonyl (C=O) groups is 4. The van der Waals surface area contributed by atoms with Gasteiger partial charge < -0.3 is 0 Å². The van der Waals surface area contributed by atoms with Gasteiger partial charge in [0.25, 0.3) is 0 Å². The van der Waals surface area contributed by atoms with E-state index in [1.165, 1.54) is 12.1 Å². The number of nitrogens with zero attached hydrogens (tertiary/aromatic N) is 3. The van der Waals surface area contributed by atoms with Gasteiger partial charge in [0, 0.05) is 31.7 Å². The third-order valence-electron chi connectivity index (χ3n) is 6.89. The highest BCUT2D eigenvalue weighted by molar-refractivity contribution is 6.20. The van der Waals surface area contributed by atoms with Crippen LogP contribution in [0.5, 0.6) is 0 Å². The molecule has 1 aromatic carbocycles. The van der Waals surface area contributed by atoms with E-state index >= 15 is 0 Å². The van der Waals surface area contributed by atoms with Crippen LogP contribution in [0, 0.1) is 33.9 Å². The van der Waals surface area contributed by atoms with Crippen molar-refractivity contribution in [2.75, 3.05) is 0 Å². The Kier molecular flexibility index (Phi) is 7.97. The van der Waals surface area contributed by atoms with E-state index in [-0.39, 0.29) is 45.9 Å². The Hall–Kier alpha value is -3.47. The lowest BCUT2D eigenvalue weighted by molar-refractivity contribution is -0.145. The molecule has 0 aliphatic heterocycles. The minimum absolute atomic E-state index is 0.00175. The fourth-order valence-corrected chi connectivity index (χ4v) is 5.17. The maximum atomic E-state index is 14.0. The van der Waals surface area contributed by atoms with Crippen molar-refractivity contribution < 1.29 is 23.6 Å². The van der Waals surface area contributed by atoms with Crippen LogP contribution in [0.2, 0.25) is 0 Å². The molecule has 196 valence electrons. The van der Waals surface area contributed by atoms with Crippen LogP contribution in [0.3, 0.4) is 0 Å². The number of hydrogen-bond acceptors (Lipinski definition) is 6. The van der Waals surface area contributed by atoms with Crippen LogP contribution < -0.4 is 0 Å². The predicted octanol–water partition coefficient (Wildman–Crippen LogP) is 5.14. The number of halogens is 1. The number of rotatable bonds is 4. The van der Waals surface area contributed by atoms with Gasteiger partial charge >= 0.3 is 0 Å². The average Bonchev–Trinajstić information content (AvgIpc) is 3.15. The molecule has 0 radical (unpaired) electrons. The molecule has 0 amide bonds. The third kappa shape index (κ3) is 5.93. The van der Waals surface area contributed by atoms with Crippen molar-refractivity contribution >= 4 is 23.1 Å². The summed E-state index contributed by atoms with van der Waals surface area (Å²) >= 11 is 0. The predicted molar refractivity (Wildman–Crippen MR) is 136 cm³/mol. The van der Waals surface area contributed by atoms with Crippen LogP contribution in [0.25, 0.3) is 5.69 Å². The maximum Gasteiger partial charge on any atom is 0.167 e. The monoisotopic (exact) mass is 507 g/mol. The highest BCUT2D eigenvalue weighted by atomic mass is 19.1. The van der Waals surface area contributed by atoms with Crippen LogP contribution in [-0.2, 0) is 27.2 Å². The van der Waals surface area contributed by atoms with Crippen LogP contribution in [0.1, 0.15) is 94.5 Å². The van der Waals surface area contributed by atoms with E-state index < -0.39 is 11.7 Å². The Morgan fingerprint density at radius 1 is 1.05 bits per heavy atom. The summed E-state index contributed by atoms with van der Waals surface area (Å²) in [7, 11) is 0. The average molecular weight is 508 g/mol. The van der Waals surface area contributed by atoms with Gasteiger partial charge in [-0.25, -0.2) is 9.07 Å². The molecule has 8 heteroatoms. The van der Waals surface area contributed by atoms with Gasteiger partial charge in [0.1, 0.15) is 17.8 Å². The highest BCUT2D eigenvalue weighted by Gasteiger charge is 2.42. The minimum atomic E-state index is -0.951. The Bertz CT molecular complexity index is 1290. The summed E-state index contributed by atoms with van der Waals surface area (Å²) in [4.78, 5) is 47.0. The summed E-state index contributed by atoms with van der Waals surface area (Å²) in [5.41, 5.74) is 2.43. The first kappa shape index (κ1) is 28.1. The number of Topliss-reactive ketones (excluding diaryl/α,β-unsaturated/α-hetero) is 4. The molecular weight excluding hydrogens is 473 g/mol. The molecule has 1 saturated carbocycles. The van der Waals surface area contributed by atoms with Crippen molar-refractivity contribution in [3.8, 4) is 11.8 Å². The van der Waals surface area contributed by atoms with E-state index in [1.54, 1.807) is 17.7 Å². The topological polar surface area (TPSA) is 110 Å². The molecule has 2 aliphatic rings. The largest absolute Gasteiger partial charge is 0.298 e. The molecule has 0 spiro atoms. The second-order valence-electron chi connectivity index (χ2n) is 11.5. The Morgan fingerprint density at radius 2 is 1.65 bits per heavy atom. The van der Waals surface area contributed by atoms with E-state index in [1.807, 2.05) is 26.8 Å². The molecule has 1 fully saturated rings. The molecule has 0 bridgehead atoms. The zero-order valence-corrected chi connectivity index (χ0v) is 22.4. The molecule has 0 atom stereocenters. The maximum absolute atomic E-state index is 14.0. The van der Waals surface area contributed by atoms with Crippen molar-refractivity contribution in [3.63, 3.8) is 0 Å². The number of nitriles is 1. The van der Waals surface area contributed by atoms with Crippen LogP contribution in [-0.4, -0.2) is 32.9 Å². The lowest BCUT2D eigenvalue weighted by atomic mass is 9.70. The van der Waals surface area contributed by atoms with E-state index in [0.29, 0.717) is 43.4 Å². The van der Waals surface area contributed by atoms with Gasteiger partial charge in [0.2, 0.25) is 0 Å². The second kappa shape index (κ2) is 10.5. The van der Waals surface area contributed by atoms with Gasteiger partial charge in [0.05, 0.1) is 28.2 Å². The lowest BCUT2D eigenvalue weighted by Crippen LogP contribution is -2.41. The molecular formula is C29H34FN3O4. The number of carbonyl (C=O) groups excluding carboxylic acids is 4. The first-order valence-electron chi connectivity index (χ1n) is 12.7. The van der Waals surface area contributed by atoms with Crippen molar-refractivity contribution in [2.24, 2.45) is 16.7 Å². The molecule has 2 aromatic rings. The number of aromatic nitrogens is 2. The fraction of sp³-hybridized carbons (Fsp3) is 0.517. The number of ketones is 4. The molecule has 0 N–H and O–H groups in total. The minimum Gasteiger partial charge on any atom is -0.298 e. The summed E-state index contributed by atoms with van der Waals surface area (Å²) in [6.45, 7) is 11.5. The van der Waals surface area contributed by atoms with Gasteiger partial charge in [0.15, 0.2) is 23.1 Å². The highest BCUT2D eigenvalue weighted by Crippen LogP contribution is 2.37. The first-order valence-corrected chi connectivity index (χ1v) is 12.7. The van der Waals surface area contributed by atoms with E-state index in [4.69, 9.17) is 5.26 Å². The van der Waals surface area contributed by atoms with Crippen molar-refractivity contribution in [3.05, 3.63) is 46.5 Å². The molecule has 37 heavy (non-hydrogen) atoms. The van der Waals surface area contributed by atoms with Gasteiger partial charge in [-0.05, 0) is 35.8 Å². The number of benzene rings is 1. The smallest absolute Gasteiger partial charge is 0.167 e. The quantitative estimate of drug-likeness (QED) is 0.530. The zero-order chi connectivity index (χ0) is 27.7. The van der Waals surface area contributed by atoms with E-state index in [2.05, 4.69) is 18.9 Å². The van der Waals surface area contributed by atoms with Crippen molar-refractivity contribution in [2.45, 2.75) is 80.1 Å². The Labute approximate surface area is 217 Å². The number of hydrogen-bond donors (Lipinski definition) is 0. The normalized spacial score (nSPS) is 18.5. The zero-order valence-electron chi connectivity index (χ0n) is 22.4. The van der Waals surface area contributed by atoms with Gasteiger partial charge in [-0.1, -0.05) is 41.5 Å². The standard InChI is InChI=1S/C18H18FN3O.C11H16O3/c1-4-14-17-15(8-18(2,3)9-16(17)23)22(21-14)12-6-5-11(10-20)13(19)7-12;1-4-7(12)10-8(13)5-11(2,3)6-9(10)14/h5-7H,4,8-9H2,1-3H3;10H,4-6H2,1-3H3. The van der Waals surface area contributed by atoms with Crippen LogP contribution in [0.4, 0.5) is 4.39 Å². The molecule has 2 aliphatic carbocycles. The molecule has 0 saturated heterocycles. The molecule has 1 aromatic heterocycles. The summed E-state index contributed by atoms with van der Waals surface area (Å²) in [5, 5.41) is 13.4. The van der Waals surface area contributed by atoms with Crippen molar-refractivity contribution in [1.29, 1.82) is 5.26 Å². The Morgan fingerprint density at radius 3 is 2.16 bits per heavy atom. The molecule has 1 heterocycles. The van der Waals surface area contributed by atoms with Gasteiger partial charge in [-0.15, -0.1) is 0 Å². The van der Waals surface area contributed by atoms with Crippen LogP contribution in [0.15, 0.2) is 18.2 Å². The summed E-state index contributed by atoms with van der Waals surface area (Å²) in [6, 6.07) is 6.23. The number of fused-ring (bicyclic) bond motifs is 1. The second-order valence-corrected chi connectivity index (χ2v) is 11.5. The van der Waals surface area contributed by atoms with Crippen LogP contribution >= 0.6 is 0 Å². The van der Waals surface area contributed by atoms with E-state index in [9.17, 15) is 23.6 Å². The van der Waals surface area contributed by atoms with E-state index in [0.717, 1.165) is 11.4 Å². The first-order chi connectivity index (χ1) is 17.2. The molecule has 0 unspecified atom stereocenters. The Balaban J connectivity index is 0.000000233. The fourth-order valence-electron chi connectivity index (χ4n) is 5.17. The summed E-state index contributed by atoms with van der Waals surface area (Å²) in [6.07, 6.45) is 2.82. The van der Waals surface area contributed by atoms with Gasteiger partial charge in [-0.3, -0.25) is 19.2 Å². The van der Waals surface area contributed by atoms with Crippen molar-refractivity contribution in [1.82, 2.24) is 9.78 Å². The molecule has 7 nitrogen and oxygen atoms in total. The van der Waals surface area contributed by atoms with Gasteiger partial charge in [-0.2, -0.15) is 10.4 Å². The number of aryl methyl sites for hydroxylation is 1. The lowest BCUT2D eigenvalue weighted by Gasteiger charge is -2.31. The summed E-state index contributed by atoms with van der Waals surface area (Å²) in [5.74, 6) is -2.04. The SMILES string of the molecule is CCC(=O)C1C(=O)CC(C)(C)CC1=O.CCc1nn(-c2ccc(C#N)c(F)c2)c2c1C(=O)CC(C)(C)C2.